The van der Waals surface area contributed by atoms with Crippen LogP contribution in [0.25, 0.3) is 0 Å². The van der Waals surface area contributed by atoms with Crippen LogP contribution in [-0.2, 0) is 13.0 Å². The van der Waals surface area contributed by atoms with Gasteiger partial charge in [0.25, 0.3) is 0 Å². The van der Waals surface area contributed by atoms with Gasteiger partial charge in [0.05, 0.1) is 17.6 Å². The highest BCUT2D eigenvalue weighted by atomic mass is 35.5. The topological polar surface area (TPSA) is 37.8 Å². The number of halogens is 1. The van der Waals surface area contributed by atoms with Gasteiger partial charge in [-0.05, 0) is 0 Å². The molecule has 0 spiro atoms. The zero-order valence-corrected chi connectivity index (χ0v) is 6.73. The molecule has 0 radical (unpaired) electrons. The molecule has 0 saturated heterocycles. The molecule has 0 bridgehead atoms. The summed E-state index contributed by atoms with van der Waals surface area (Å²) >= 11 is 5.68. The lowest BCUT2D eigenvalue weighted by atomic mass is 10.2. The third-order valence-electron chi connectivity index (χ3n) is 1.73. The summed E-state index contributed by atoms with van der Waals surface area (Å²) in [6, 6.07) is 0. The van der Waals surface area contributed by atoms with E-state index in [0.717, 1.165) is 30.9 Å². The summed E-state index contributed by atoms with van der Waals surface area (Å²) < 4.78 is 0. The second kappa shape index (κ2) is 2.75. The van der Waals surface area contributed by atoms with Crippen molar-refractivity contribution in [1.82, 2.24) is 15.3 Å². The highest BCUT2D eigenvalue weighted by Gasteiger charge is 2.10. The first-order valence-electron chi connectivity index (χ1n) is 3.57. The van der Waals surface area contributed by atoms with Crippen molar-refractivity contribution in [2.75, 3.05) is 6.54 Å². The first-order chi connectivity index (χ1) is 5.36. The normalized spacial score (nSPS) is 16.1. The lowest BCUT2D eigenvalue weighted by Crippen LogP contribution is -2.25. The molecule has 1 aromatic heterocycles. The molecule has 58 valence electrons. The molecule has 1 aromatic rings. The highest BCUT2D eigenvalue weighted by Crippen LogP contribution is 2.11. The average Bonchev–Trinajstić information content (AvgIpc) is 2.04. The smallest absolute Gasteiger partial charge is 0.147 e. The van der Waals surface area contributed by atoms with Gasteiger partial charge < -0.3 is 5.32 Å². The maximum Gasteiger partial charge on any atom is 0.147 e. The summed E-state index contributed by atoms with van der Waals surface area (Å²) in [7, 11) is 0. The molecule has 0 atom stereocenters. The molecule has 1 aliphatic rings. The molecular formula is C7H8ClN3. The molecule has 0 aliphatic carbocycles. The monoisotopic (exact) mass is 169 g/mol. The van der Waals surface area contributed by atoms with Crippen LogP contribution in [0.5, 0.6) is 0 Å². The molecule has 0 amide bonds. The fourth-order valence-corrected chi connectivity index (χ4v) is 1.34. The standard InChI is InChI=1S/C7H8ClN3/c8-7-4-10-5-1-2-9-3-6(5)11-7/h4,9H,1-3H2. The quantitative estimate of drug-likeness (QED) is 0.624. The maximum atomic E-state index is 5.68. The molecule has 2 heterocycles. The fraction of sp³-hybridized carbons (Fsp3) is 0.429. The SMILES string of the molecule is Clc1cnc2c(n1)CNCC2. The minimum atomic E-state index is 0.479. The molecule has 0 aromatic carbocycles. The van der Waals surface area contributed by atoms with Crippen LogP contribution in [0.15, 0.2) is 6.20 Å². The predicted molar refractivity (Wildman–Crippen MR) is 42.5 cm³/mol. The minimum Gasteiger partial charge on any atom is -0.311 e. The van der Waals surface area contributed by atoms with E-state index in [2.05, 4.69) is 15.3 Å². The van der Waals surface area contributed by atoms with Gasteiger partial charge in [-0.25, -0.2) is 4.98 Å². The van der Waals surface area contributed by atoms with E-state index in [1.54, 1.807) is 6.20 Å². The molecule has 4 heteroatoms. The number of hydrogen-bond donors (Lipinski definition) is 1. The first kappa shape index (κ1) is 7.00. The third kappa shape index (κ3) is 1.34. The van der Waals surface area contributed by atoms with Crippen molar-refractivity contribution < 1.29 is 0 Å². The van der Waals surface area contributed by atoms with Crippen LogP contribution in [0.3, 0.4) is 0 Å². The molecular weight excluding hydrogens is 162 g/mol. The molecule has 0 fully saturated rings. The zero-order chi connectivity index (χ0) is 7.68. The summed E-state index contributed by atoms with van der Waals surface area (Å²) in [5, 5.41) is 3.69. The number of fused-ring (bicyclic) bond motifs is 1. The Morgan fingerprint density at radius 1 is 1.45 bits per heavy atom. The van der Waals surface area contributed by atoms with E-state index < -0.39 is 0 Å². The lowest BCUT2D eigenvalue weighted by Gasteiger charge is -2.13. The Bertz CT molecular complexity index is 274. The molecule has 2 rings (SSSR count). The minimum absolute atomic E-state index is 0.479. The van der Waals surface area contributed by atoms with Gasteiger partial charge >= 0.3 is 0 Å². The Kier molecular flexibility index (Phi) is 1.75. The van der Waals surface area contributed by atoms with Gasteiger partial charge in [-0.15, -0.1) is 0 Å². The highest BCUT2D eigenvalue weighted by molar-refractivity contribution is 6.29. The Balaban J connectivity index is 2.43. The largest absolute Gasteiger partial charge is 0.311 e. The van der Waals surface area contributed by atoms with Gasteiger partial charge in [0.2, 0.25) is 0 Å². The van der Waals surface area contributed by atoms with E-state index >= 15 is 0 Å². The van der Waals surface area contributed by atoms with Crippen molar-refractivity contribution in [1.29, 1.82) is 0 Å². The third-order valence-corrected chi connectivity index (χ3v) is 1.91. The first-order valence-corrected chi connectivity index (χ1v) is 3.95. The van der Waals surface area contributed by atoms with E-state index in [1.807, 2.05) is 0 Å². The summed E-state index contributed by atoms with van der Waals surface area (Å²) in [5.74, 6) is 0. The van der Waals surface area contributed by atoms with Crippen LogP contribution in [0.4, 0.5) is 0 Å². The van der Waals surface area contributed by atoms with E-state index in [4.69, 9.17) is 11.6 Å². The Morgan fingerprint density at radius 3 is 3.27 bits per heavy atom. The van der Waals surface area contributed by atoms with E-state index in [-0.39, 0.29) is 0 Å². The second-order valence-electron chi connectivity index (χ2n) is 2.51. The second-order valence-corrected chi connectivity index (χ2v) is 2.90. The van der Waals surface area contributed by atoms with E-state index in [0.29, 0.717) is 5.15 Å². The summed E-state index contributed by atoms with van der Waals surface area (Å²) in [6.45, 7) is 1.78. The van der Waals surface area contributed by atoms with Gasteiger partial charge in [0, 0.05) is 19.5 Å². The van der Waals surface area contributed by atoms with Gasteiger partial charge in [-0.1, -0.05) is 11.6 Å². The Labute approximate surface area is 69.8 Å². The number of hydrogen-bond acceptors (Lipinski definition) is 3. The van der Waals surface area contributed by atoms with Crippen LogP contribution in [0.2, 0.25) is 5.15 Å². The van der Waals surface area contributed by atoms with Crippen LogP contribution < -0.4 is 5.32 Å². The lowest BCUT2D eigenvalue weighted by molar-refractivity contribution is 0.613. The molecule has 3 nitrogen and oxygen atoms in total. The van der Waals surface area contributed by atoms with Gasteiger partial charge in [-0.2, -0.15) is 0 Å². The summed E-state index contributed by atoms with van der Waals surface area (Å²) in [5.41, 5.74) is 2.07. The summed E-state index contributed by atoms with van der Waals surface area (Å²) in [6.07, 6.45) is 2.56. The van der Waals surface area contributed by atoms with E-state index in [1.165, 1.54) is 0 Å². The molecule has 1 N–H and O–H groups in total. The molecule has 0 saturated carbocycles. The van der Waals surface area contributed by atoms with E-state index in [9.17, 15) is 0 Å². The fourth-order valence-electron chi connectivity index (χ4n) is 1.19. The Morgan fingerprint density at radius 2 is 2.36 bits per heavy atom. The van der Waals surface area contributed by atoms with Crippen molar-refractivity contribution in [3.63, 3.8) is 0 Å². The number of rotatable bonds is 0. The van der Waals surface area contributed by atoms with Gasteiger partial charge in [0.15, 0.2) is 0 Å². The number of nitrogens with zero attached hydrogens (tertiary/aromatic N) is 2. The average molecular weight is 170 g/mol. The van der Waals surface area contributed by atoms with Crippen molar-refractivity contribution in [2.24, 2.45) is 0 Å². The van der Waals surface area contributed by atoms with Crippen molar-refractivity contribution >= 4 is 11.6 Å². The van der Waals surface area contributed by atoms with Crippen LogP contribution in [0, 0.1) is 0 Å². The van der Waals surface area contributed by atoms with Crippen molar-refractivity contribution in [2.45, 2.75) is 13.0 Å². The van der Waals surface area contributed by atoms with Crippen LogP contribution in [-0.4, -0.2) is 16.5 Å². The van der Waals surface area contributed by atoms with Crippen LogP contribution in [0.1, 0.15) is 11.4 Å². The molecule has 11 heavy (non-hydrogen) atoms. The number of nitrogens with one attached hydrogen (secondary N) is 1. The van der Waals surface area contributed by atoms with Gasteiger partial charge in [-0.3, -0.25) is 4.98 Å². The molecule has 1 aliphatic heterocycles. The maximum absolute atomic E-state index is 5.68. The van der Waals surface area contributed by atoms with Gasteiger partial charge in [0.1, 0.15) is 5.15 Å². The number of aromatic nitrogens is 2. The van der Waals surface area contributed by atoms with Crippen molar-refractivity contribution in [3.8, 4) is 0 Å². The van der Waals surface area contributed by atoms with Crippen LogP contribution >= 0.6 is 11.6 Å². The Hall–Kier alpha value is -0.670. The predicted octanol–water partition coefficient (Wildman–Crippen LogP) is 0.776. The summed E-state index contributed by atoms with van der Waals surface area (Å²) in [4.78, 5) is 8.34. The van der Waals surface area contributed by atoms with Crippen molar-refractivity contribution in [3.05, 3.63) is 22.7 Å². The molecule has 0 unspecified atom stereocenters. The zero-order valence-electron chi connectivity index (χ0n) is 5.97.